The van der Waals surface area contributed by atoms with Crippen molar-refractivity contribution in [1.29, 1.82) is 0 Å². The van der Waals surface area contributed by atoms with Gasteiger partial charge in [-0.15, -0.1) is 0 Å². The number of anilines is 1. The van der Waals surface area contributed by atoms with Crippen molar-refractivity contribution in [3.63, 3.8) is 0 Å². The fourth-order valence-electron chi connectivity index (χ4n) is 7.00. The van der Waals surface area contributed by atoms with Gasteiger partial charge in [0, 0.05) is 82.1 Å². The second kappa shape index (κ2) is 16.5. The Morgan fingerprint density at radius 1 is 0.941 bits per heavy atom. The average molecular weight is 737 g/mol. The molecule has 2 bridgehead atoms. The molecule has 10 nitrogen and oxygen atoms in total. The maximum atomic E-state index is 13.3. The largest absolute Gasteiger partial charge is 0.444 e. The van der Waals surface area contributed by atoms with E-state index in [0.29, 0.717) is 13.5 Å². The third-order valence-corrected chi connectivity index (χ3v) is 13.4. The van der Waals surface area contributed by atoms with Gasteiger partial charge in [-0.2, -0.15) is 9.61 Å². The van der Waals surface area contributed by atoms with Crippen LogP contribution in [0.5, 0.6) is 0 Å². The number of pyridine rings is 1. The van der Waals surface area contributed by atoms with E-state index in [4.69, 9.17) is 29.3 Å². The van der Waals surface area contributed by atoms with Crippen LogP contribution in [0.15, 0.2) is 30.6 Å². The number of carbonyl (C=O) groups is 1. The molecule has 1 amide bonds. The molecule has 282 valence electrons. The summed E-state index contributed by atoms with van der Waals surface area (Å²) in [5.41, 5.74) is 4.39. The highest BCUT2D eigenvalue weighted by molar-refractivity contribution is 6.76. The van der Waals surface area contributed by atoms with E-state index in [0.717, 1.165) is 104 Å². The maximum absolute atomic E-state index is 13.3. The van der Waals surface area contributed by atoms with Gasteiger partial charge in [0.05, 0.1) is 6.20 Å². The highest BCUT2D eigenvalue weighted by Crippen LogP contribution is 2.44. The van der Waals surface area contributed by atoms with Crippen LogP contribution < -0.4 is 4.90 Å². The summed E-state index contributed by atoms with van der Waals surface area (Å²) >= 11 is 0. The molecule has 5 rings (SSSR count). The lowest BCUT2D eigenvalue weighted by Gasteiger charge is -2.39. The Morgan fingerprint density at radius 2 is 1.57 bits per heavy atom. The van der Waals surface area contributed by atoms with Gasteiger partial charge in [-0.3, -0.25) is 4.98 Å². The highest BCUT2D eigenvalue weighted by Gasteiger charge is 2.45. The van der Waals surface area contributed by atoms with Gasteiger partial charge < -0.3 is 24.0 Å². The minimum Gasteiger partial charge on any atom is -0.444 e. The first kappa shape index (κ1) is 39.4. The lowest BCUT2D eigenvalue weighted by atomic mass is 9.88. The standard InChI is InChI=1S/C39H64N6O4Si2/c1-11-12-13-31-15-14-29(25-40-31)34-26-41-45-36(43(27-47-18-20-50(5,6)7)28-48-19-21-51(8,9)10)24-35(42-37(34)45)30-22-32-16-17-33(23-30)44(32)38(46)49-39(2,3)4/h14-15,24-26,30,32-33H,11-13,16-23,27-28H2,1-10H3/t30?,32-,33+. The van der Waals surface area contributed by atoms with Gasteiger partial charge in [0.1, 0.15) is 24.9 Å². The van der Waals surface area contributed by atoms with Crippen LogP contribution in [0.1, 0.15) is 83.5 Å². The van der Waals surface area contributed by atoms with Gasteiger partial charge in [-0.25, -0.2) is 9.78 Å². The van der Waals surface area contributed by atoms with Crippen molar-refractivity contribution in [2.75, 3.05) is 31.6 Å². The second-order valence-electron chi connectivity index (χ2n) is 18.2. The summed E-state index contributed by atoms with van der Waals surface area (Å²) in [6.07, 6.45) is 10.6. The first-order valence-corrected chi connectivity index (χ1v) is 26.7. The third-order valence-electron chi connectivity index (χ3n) is 9.96. The second-order valence-corrected chi connectivity index (χ2v) is 29.4. The Morgan fingerprint density at radius 3 is 2.10 bits per heavy atom. The lowest BCUT2D eigenvalue weighted by molar-refractivity contribution is 0.00569. The zero-order valence-corrected chi connectivity index (χ0v) is 35.1. The fourth-order valence-corrected chi connectivity index (χ4v) is 8.51. The number of hydrogen-bond donors (Lipinski definition) is 0. The first-order chi connectivity index (χ1) is 24.0. The molecule has 2 aliphatic heterocycles. The molecular formula is C39H64N6O4Si2. The zero-order valence-electron chi connectivity index (χ0n) is 33.1. The van der Waals surface area contributed by atoms with Crippen LogP contribution in [-0.4, -0.2) is 91.1 Å². The Balaban J connectivity index is 1.51. The van der Waals surface area contributed by atoms with Gasteiger partial charge in [0.15, 0.2) is 5.65 Å². The van der Waals surface area contributed by atoms with Crippen LogP contribution >= 0.6 is 0 Å². The molecule has 0 aromatic carbocycles. The molecular weight excluding hydrogens is 673 g/mol. The molecule has 5 heterocycles. The predicted octanol–water partition coefficient (Wildman–Crippen LogP) is 9.21. The summed E-state index contributed by atoms with van der Waals surface area (Å²) < 4.78 is 20.6. The van der Waals surface area contributed by atoms with Crippen molar-refractivity contribution in [3.05, 3.63) is 42.0 Å². The zero-order chi connectivity index (χ0) is 37.0. The van der Waals surface area contributed by atoms with E-state index in [1.165, 1.54) is 0 Å². The minimum absolute atomic E-state index is 0.139. The van der Waals surface area contributed by atoms with Gasteiger partial charge >= 0.3 is 6.09 Å². The maximum Gasteiger partial charge on any atom is 0.410 e. The Hall–Kier alpha value is -2.81. The Labute approximate surface area is 308 Å². The molecule has 3 aromatic rings. The molecule has 51 heavy (non-hydrogen) atoms. The molecule has 0 spiro atoms. The number of carbonyl (C=O) groups excluding carboxylic acids is 1. The lowest BCUT2D eigenvalue weighted by Crippen LogP contribution is -2.48. The highest BCUT2D eigenvalue weighted by atomic mass is 28.3. The molecule has 0 aliphatic carbocycles. The summed E-state index contributed by atoms with van der Waals surface area (Å²) in [6, 6.07) is 8.96. The van der Waals surface area contributed by atoms with Crippen LogP contribution in [0.2, 0.25) is 51.4 Å². The number of rotatable bonds is 16. The number of aromatic nitrogens is 4. The van der Waals surface area contributed by atoms with Crippen LogP contribution in [-0.2, 0) is 20.6 Å². The normalized spacial score (nSPS) is 19.6. The minimum atomic E-state index is -1.26. The van der Waals surface area contributed by atoms with E-state index in [1.54, 1.807) is 0 Å². The number of piperidine rings is 1. The van der Waals surface area contributed by atoms with Crippen LogP contribution in [0.25, 0.3) is 16.8 Å². The summed E-state index contributed by atoms with van der Waals surface area (Å²) in [4.78, 5) is 27.7. The molecule has 1 unspecified atom stereocenters. The van der Waals surface area contributed by atoms with E-state index in [2.05, 4.69) is 69.3 Å². The molecule has 2 saturated heterocycles. The number of fused-ring (bicyclic) bond motifs is 3. The molecule has 0 radical (unpaired) electrons. The summed E-state index contributed by atoms with van der Waals surface area (Å²) in [5.74, 6) is 1.11. The summed E-state index contributed by atoms with van der Waals surface area (Å²) in [6.45, 7) is 24.5. The van der Waals surface area contributed by atoms with Gasteiger partial charge in [0.2, 0.25) is 0 Å². The number of ether oxygens (including phenoxy) is 3. The van der Waals surface area contributed by atoms with Crippen molar-refractivity contribution < 1.29 is 19.0 Å². The van der Waals surface area contributed by atoms with E-state index in [1.807, 2.05) is 42.6 Å². The molecule has 12 heteroatoms. The monoisotopic (exact) mass is 736 g/mol. The van der Waals surface area contributed by atoms with Crippen molar-refractivity contribution in [3.8, 4) is 11.1 Å². The summed E-state index contributed by atoms with van der Waals surface area (Å²) in [7, 11) is -2.51. The topological polar surface area (TPSA) is 94.3 Å². The van der Waals surface area contributed by atoms with E-state index in [-0.39, 0.29) is 24.1 Å². The van der Waals surface area contributed by atoms with Crippen LogP contribution in [0, 0.1) is 0 Å². The molecule has 0 N–H and O–H groups in total. The van der Waals surface area contributed by atoms with Crippen molar-refractivity contribution in [2.24, 2.45) is 0 Å². The average Bonchev–Trinajstić information content (AvgIpc) is 3.59. The molecule has 0 saturated carbocycles. The fraction of sp³-hybridized carbons (Fsp3) is 0.692. The quantitative estimate of drug-likeness (QED) is 0.0817. The smallest absolute Gasteiger partial charge is 0.410 e. The van der Waals surface area contributed by atoms with E-state index >= 15 is 0 Å². The van der Waals surface area contributed by atoms with Crippen LogP contribution in [0.3, 0.4) is 0 Å². The first-order valence-electron chi connectivity index (χ1n) is 19.3. The Kier molecular flexibility index (Phi) is 12.7. The number of amides is 1. The summed E-state index contributed by atoms with van der Waals surface area (Å²) in [5, 5.41) is 4.94. The van der Waals surface area contributed by atoms with Crippen LogP contribution in [0.4, 0.5) is 10.6 Å². The molecule has 2 fully saturated rings. The predicted molar refractivity (Wildman–Crippen MR) is 212 cm³/mol. The molecule has 3 aromatic heterocycles. The van der Waals surface area contributed by atoms with Gasteiger partial charge in [-0.05, 0) is 77.5 Å². The van der Waals surface area contributed by atoms with Gasteiger partial charge in [0.25, 0.3) is 0 Å². The molecule has 2 aliphatic rings. The van der Waals surface area contributed by atoms with Crippen molar-refractivity contribution >= 4 is 33.7 Å². The number of aryl methyl sites for hydroxylation is 1. The number of nitrogens with zero attached hydrogens (tertiary/aromatic N) is 6. The SMILES string of the molecule is CCCCc1ccc(-c2cnn3c(N(COCC[Si](C)(C)C)COCC[Si](C)(C)C)cc(C4C[C@H]5CC[C@@H](C4)N5C(=O)OC(C)(C)C)nc23)cn1. The number of hydrogen-bond acceptors (Lipinski definition) is 8. The van der Waals surface area contributed by atoms with Gasteiger partial charge in [-0.1, -0.05) is 58.7 Å². The van der Waals surface area contributed by atoms with E-state index < -0.39 is 21.7 Å². The van der Waals surface area contributed by atoms with E-state index in [9.17, 15) is 4.79 Å². The Bertz CT molecular complexity index is 1560. The van der Waals surface area contributed by atoms with Crippen molar-refractivity contribution in [1.82, 2.24) is 24.5 Å². The third kappa shape index (κ3) is 10.9. The number of unbranched alkanes of at least 4 members (excludes halogenated alkanes) is 1. The molecule has 3 atom stereocenters. The van der Waals surface area contributed by atoms with Crippen molar-refractivity contribution in [2.45, 2.75) is 148 Å².